The van der Waals surface area contributed by atoms with Crippen molar-refractivity contribution < 1.29 is 9.59 Å². The summed E-state index contributed by atoms with van der Waals surface area (Å²) in [4.78, 5) is 28.1. The number of amides is 2. The van der Waals surface area contributed by atoms with Gasteiger partial charge in [-0.3, -0.25) is 9.59 Å². The van der Waals surface area contributed by atoms with Crippen LogP contribution in [0.25, 0.3) is 0 Å². The normalized spacial score (nSPS) is 12.9. The predicted molar refractivity (Wildman–Crippen MR) is 119 cm³/mol. The van der Waals surface area contributed by atoms with Gasteiger partial charge in [0.25, 0.3) is 0 Å². The van der Waals surface area contributed by atoms with Crippen LogP contribution in [0.3, 0.4) is 0 Å². The highest BCUT2D eigenvalue weighted by Gasteiger charge is 2.29. The highest BCUT2D eigenvalue weighted by atomic mass is 16.2. The molecule has 0 fully saturated rings. The van der Waals surface area contributed by atoms with Gasteiger partial charge in [-0.25, -0.2) is 0 Å². The van der Waals surface area contributed by atoms with Gasteiger partial charge in [-0.1, -0.05) is 62.4 Å². The summed E-state index contributed by atoms with van der Waals surface area (Å²) in [6.07, 6.45) is 1.73. The maximum absolute atomic E-state index is 13.4. The fourth-order valence-corrected chi connectivity index (χ4v) is 3.40. The molecule has 0 bridgehead atoms. The summed E-state index contributed by atoms with van der Waals surface area (Å²) in [7, 11) is 0. The highest BCUT2D eigenvalue weighted by molar-refractivity contribution is 5.88. The average Bonchev–Trinajstić information content (AvgIpc) is 2.70. The molecule has 0 aromatic heterocycles. The Morgan fingerprint density at radius 2 is 1.45 bits per heavy atom. The fraction of sp³-hybridized carbons (Fsp3) is 0.440. The van der Waals surface area contributed by atoms with E-state index in [0.29, 0.717) is 19.4 Å². The zero-order valence-electron chi connectivity index (χ0n) is 18.4. The van der Waals surface area contributed by atoms with E-state index >= 15 is 0 Å². The van der Waals surface area contributed by atoms with E-state index in [1.54, 1.807) is 4.90 Å². The van der Waals surface area contributed by atoms with E-state index < -0.39 is 6.04 Å². The minimum atomic E-state index is -0.486. The molecule has 0 saturated carbocycles. The number of nitrogens with one attached hydrogen (secondary N) is 1. The number of rotatable bonds is 9. The lowest BCUT2D eigenvalue weighted by Crippen LogP contribution is -2.51. The SMILES string of the molecule is CC[C@H](C(=O)N[C@@H](C)CC)N(Cc1ccccc1C)C(=O)Cc1ccccc1C. The summed E-state index contributed by atoms with van der Waals surface area (Å²) in [5, 5.41) is 3.06. The molecule has 0 aliphatic heterocycles. The summed E-state index contributed by atoms with van der Waals surface area (Å²) >= 11 is 0. The summed E-state index contributed by atoms with van der Waals surface area (Å²) in [6, 6.07) is 15.6. The van der Waals surface area contributed by atoms with E-state index in [1.165, 1.54) is 0 Å². The van der Waals surface area contributed by atoms with Crippen molar-refractivity contribution in [2.24, 2.45) is 0 Å². The van der Waals surface area contributed by atoms with Gasteiger partial charge in [-0.2, -0.15) is 0 Å². The first kappa shape index (κ1) is 22.7. The minimum Gasteiger partial charge on any atom is -0.352 e. The number of aryl methyl sites for hydroxylation is 2. The highest BCUT2D eigenvalue weighted by Crippen LogP contribution is 2.18. The lowest BCUT2D eigenvalue weighted by molar-refractivity contribution is -0.141. The lowest BCUT2D eigenvalue weighted by Gasteiger charge is -2.32. The third-order valence-corrected chi connectivity index (χ3v) is 5.59. The Hall–Kier alpha value is -2.62. The van der Waals surface area contributed by atoms with E-state index in [-0.39, 0.29) is 17.9 Å². The van der Waals surface area contributed by atoms with E-state index in [4.69, 9.17) is 0 Å². The van der Waals surface area contributed by atoms with Crippen LogP contribution in [0.4, 0.5) is 0 Å². The Labute approximate surface area is 175 Å². The second-order valence-corrected chi connectivity index (χ2v) is 7.79. The van der Waals surface area contributed by atoms with E-state index in [2.05, 4.69) is 5.32 Å². The van der Waals surface area contributed by atoms with Gasteiger partial charge in [0.2, 0.25) is 11.8 Å². The van der Waals surface area contributed by atoms with Crippen molar-refractivity contribution in [3.8, 4) is 0 Å². The Bertz CT molecular complexity index is 831. The van der Waals surface area contributed by atoms with E-state index in [0.717, 1.165) is 28.7 Å². The van der Waals surface area contributed by atoms with Crippen LogP contribution in [0.5, 0.6) is 0 Å². The Kier molecular flexibility index (Phi) is 8.44. The number of hydrogen-bond acceptors (Lipinski definition) is 2. The molecule has 0 heterocycles. The van der Waals surface area contributed by atoms with Crippen LogP contribution in [0.1, 0.15) is 55.9 Å². The maximum Gasteiger partial charge on any atom is 0.243 e. The fourth-order valence-electron chi connectivity index (χ4n) is 3.40. The molecule has 29 heavy (non-hydrogen) atoms. The van der Waals surface area contributed by atoms with Gasteiger partial charge in [-0.15, -0.1) is 0 Å². The van der Waals surface area contributed by atoms with Crippen molar-refractivity contribution in [1.82, 2.24) is 10.2 Å². The summed E-state index contributed by atoms with van der Waals surface area (Å²) in [5.74, 6) is -0.0951. The largest absolute Gasteiger partial charge is 0.352 e. The third-order valence-electron chi connectivity index (χ3n) is 5.59. The number of carbonyl (C=O) groups is 2. The zero-order chi connectivity index (χ0) is 21.4. The molecule has 2 aromatic rings. The second kappa shape index (κ2) is 10.8. The molecule has 0 unspecified atom stereocenters. The van der Waals surface area contributed by atoms with Crippen molar-refractivity contribution in [2.45, 2.75) is 72.5 Å². The monoisotopic (exact) mass is 394 g/mol. The maximum atomic E-state index is 13.4. The minimum absolute atomic E-state index is 0.0197. The van der Waals surface area contributed by atoms with Gasteiger partial charge in [0.05, 0.1) is 6.42 Å². The number of carbonyl (C=O) groups excluding carboxylic acids is 2. The first-order chi connectivity index (χ1) is 13.9. The van der Waals surface area contributed by atoms with Crippen LogP contribution in [0.2, 0.25) is 0 Å². The molecule has 0 aliphatic carbocycles. The molecule has 4 nitrogen and oxygen atoms in total. The van der Waals surface area contributed by atoms with Gasteiger partial charge in [0.15, 0.2) is 0 Å². The van der Waals surface area contributed by atoms with Crippen molar-refractivity contribution in [3.63, 3.8) is 0 Å². The summed E-state index contributed by atoms with van der Waals surface area (Å²) < 4.78 is 0. The first-order valence-corrected chi connectivity index (χ1v) is 10.6. The third kappa shape index (κ3) is 6.18. The first-order valence-electron chi connectivity index (χ1n) is 10.6. The molecular formula is C25H34N2O2. The second-order valence-electron chi connectivity index (χ2n) is 7.79. The lowest BCUT2D eigenvalue weighted by atomic mass is 10.0. The molecule has 4 heteroatoms. The molecular weight excluding hydrogens is 360 g/mol. The Morgan fingerprint density at radius 3 is 1.97 bits per heavy atom. The van der Waals surface area contributed by atoms with Crippen molar-refractivity contribution in [3.05, 3.63) is 70.8 Å². The van der Waals surface area contributed by atoms with Crippen molar-refractivity contribution in [2.75, 3.05) is 0 Å². The van der Waals surface area contributed by atoms with Crippen molar-refractivity contribution >= 4 is 11.8 Å². The number of benzene rings is 2. The average molecular weight is 395 g/mol. The van der Waals surface area contributed by atoms with Crippen LogP contribution in [-0.4, -0.2) is 28.8 Å². The molecule has 2 rings (SSSR count). The predicted octanol–water partition coefficient (Wildman–Crippen LogP) is 4.57. The smallest absolute Gasteiger partial charge is 0.243 e. The van der Waals surface area contributed by atoms with Crippen LogP contribution < -0.4 is 5.32 Å². The topological polar surface area (TPSA) is 49.4 Å². The van der Waals surface area contributed by atoms with Gasteiger partial charge < -0.3 is 10.2 Å². The zero-order valence-corrected chi connectivity index (χ0v) is 18.4. The van der Waals surface area contributed by atoms with Crippen LogP contribution in [0.15, 0.2) is 48.5 Å². The molecule has 0 radical (unpaired) electrons. The van der Waals surface area contributed by atoms with Crippen molar-refractivity contribution in [1.29, 1.82) is 0 Å². The molecule has 0 aliphatic rings. The molecule has 2 aromatic carbocycles. The van der Waals surface area contributed by atoms with E-state index in [1.807, 2.05) is 83.1 Å². The molecule has 1 N–H and O–H groups in total. The molecule has 2 amide bonds. The summed E-state index contributed by atoms with van der Waals surface area (Å²) in [6.45, 7) is 10.5. The van der Waals surface area contributed by atoms with Gasteiger partial charge in [-0.05, 0) is 55.9 Å². The van der Waals surface area contributed by atoms with Crippen LogP contribution in [-0.2, 0) is 22.6 Å². The molecule has 2 atom stereocenters. The number of nitrogens with zero attached hydrogens (tertiary/aromatic N) is 1. The van der Waals surface area contributed by atoms with Crippen LogP contribution in [0, 0.1) is 13.8 Å². The molecule has 156 valence electrons. The van der Waals surface area contributed by atoms with E-state index in [9.17, 15) is 9.59 Å². The standard InChI is InChI=1S/C25H34N2O2/c1-6-20(5)26-25(29)23(7-2)27(17-22-15-11-9-13-19(22)4)24(28)16-21-14-10-8-12-18(21)3/h8-15,20,23H,6-7,16-17H2,1-5H3,(H,26,29)/t20-,23+/m0/s1. The Balaban J connectivity index is 2.33. The van der Waals surface area contributed by atoms with Gasteiger partial charge in [0.1, 0.15) is 6.04 Å². The number of hydrogen-bond donors (Lipinski definition) is 1. The Morgan fingerprint density at radius 1 is 0.897 bits per heavy atom. The molecule has 0 saturated heterocycles. The quantitative estimate of drug-likeness (QED) is 0.677. The van der Waals surface area contributed by atoms with Gasteiger partial charge in [0, 0.05) is 12.6 Å². The molecule has 0 spiro atoms. The van der Waals surface area contributed by atoms with Gasteiger partial charge >= 0.3 is 0 Å². The van der Waals surface area contributed by atoms with Crippen LogP contribution >= 0.6 is 0 Å². The summed E-state index contributed by atoms with van der Waals surface area (Å²) in [5.41, 5.74) is 4.29.